The van der Waals surface area contributed by atoms with E-state index < -0.39 is 11.5 Å². The number of nitrogens with one attached hydrogen (secondary N) is 1. The number of aromatic nitrogens is 3. The van der Waals surface area contributed by atoms with Crippen molar-refractivity contribution in [2.24, 2.45) is 5.10 Å². The molecule has 0 unspecified atom stereocenters. The molecule has 0 amide bonds. The predicted octanol–water partition coefficient (Wildman–Crippen LogP) is 2.01. The van der Waals surface area contributed by atoms with Crippen molar-refractivity contribution in [2.45, 2.75) is 26.2 Å². The quantitative estimate of drug-likeness (QED) is 0.440. The minimum Gasteiger partial charge on any atom is -0.493 e. The Morgan fingerprint density at radius 1 is 1.34 bits per heavy atom. The standard InChI is InChI=1S/C18H22N4O6S/c1-4-7-28-16-13(26-2)8-11(9-14(16)27-3)10-19-22-17(25)12(5-6-15(23)24)20-21-18(22)29/h8-10H,4-7H2,1-3H3,(H,21,29)(H,23,24)/b19-10-. The largest absolute Gasteiger partial charge is 0.493 e. The van der Waals surface area contributed by atoms with Gasteiger partial charge in [0.1, 0.15) is 5.69 Å². The van der Waals surface area contributed by atoms with E-state index in [1.165, 1.54) is 20.4 Å². The molecule has 156 valence electrons. The molecule has 29 heavy (non-hydrogen) atoms. The Kier molecular flexibility index (Phi) is 7.89. The number of nitrogens with zero attached hydrogens (tertiary/aromatic N) is 3. The Balaban J connectivity index is 2.41. The SMILES string of the molecule is CCCOc1c(OC)cc(/C=N\n2c(=S)[nH]nc(CCC(=O)O)c2=O)cc1OC. The summed E-state index contributed by atoms with van der Waals surface area (Å²) in [5.41, 5.74) is 0.0115. The van der Waals surface area contributed by atoms with Crippen LogP contribution in [-0.2, 0) is 11.2 Å². The maximum absolute atomic E-state index is 12.5. The van der Waals surface area contributed by atoms with Gasteiger partial charge in [-0.1, -0.05) is 6.92 Å². The molecule has 0 aliphatic carbocycles. The molecule has 0 fully saturated rings. The van der Waals surface area contributed by atoms with Gasteiger partial charge >= 0.3 is 5.97 Å². The van der Waals surface area contributed by atoms with Crippen molar-refractivity contribution >= 4 is 24.4 Å². The molecule has 0 atom stereocenters. The number of carboxylic acid groups (broad SMARTS) is 1. The van der Waals surface area contributed by atoms with Crippen LogP contribution in [0.1, 0.15) is 31.0 Å². The summed E-state index contributed by atoms with van der Waals surface area (Å²) in [7, 11) is 3.01. The van der Waals surface area contributed by atoms with Gasteiger partial charge in [0.15, 0.2) is 11.5 Å². The minimum atomic E-state index is -1.03. The molecule has 0 radical (unpaired) electrons. The smallest absolute Gasteiger partial charge is 0.303 e. The lowest BCUT2D eigenvalue weighted by molar-refractivity contribution is -0.136. The van der Waals surface area contributed by atoms with Gasteiger partial charge in [0.25, 0.3) is 5.56 Å². The minimum absolute atomic E-state index is 0.0212. The van der Waals surface area contributed by atoms with Crippen molar-refractivity contribution in [1.82, 2.24) is 14.9 Å². The van der Waals surface area contributed by atoms with Crippen LogP contribution in [0.2, 0.25) is 0 Å². The maximum atomic E-state index is 12.5. The normalized spacial score (nSPS) is 10.9. The van der Waals surface area contributed by atoms with Gasteiger partial charge in [0.05, 0.1) is 33.5 Å². The maximum Gasteiger partial charge on any atom is 0.303 e. The van der Waals surface area contributed by atoms with Crippen molar-refractivity contribution in [3.63, 3.8) is 0 Å². The van der Waals surface area contributed by atoms with E-state index in [-0.39, 0.29) is 23.3 Å². The second-order valence-electron chi connectivity index (χ2n) is 5.83. The van der Waals surface area contributed by atoms with Crippen molar-refractivity contribution in [3.8, 4) is 17.2 Å². The predicted molar refractivity (Wildman–Crippen MR) is 108 cm³/mol. The first kappa shape index (κ1) is 22.1. The summed E-state index contributed by atoms with van der Waals surface area (Å²) in [6.45, 7) is 2.49. The van der Waals surface area contributed by atoms with Crippen LogP contribution in [0.25, 0.3) is 0 Å². The molecule has 10 nitrogen and oxygen atoms in total. The monoisotopic (exact) mass is 422 g/mol. The van der Waals surface area contributed by atoms with E-state index in [1.54, 1.807) is 12.1 Å². The Hall–Kier alpha value is -3.21. The summed E-state index contributed by atoms with van der Waals surface area (Å²) >= 11 is 5.06. The van der Waals surface area contributed by atoms with Crippen LogP contribution in [0.4, 0.5) is 0 Å². The van der Waals surface area contributed by atoms with Crippen LogP contribution in [0, 0.1) is 4.77 Å². The van der Waals surface area contributed by atoms with Crippen LogP contribution in [0.15, 0.2) is 22.0 Å². The van der Waals surface area contributed by atoms with Crippen LogP contribution < -0.4 is 19.8 Å². The first-order valence-corrected chi connectivity index (χ1v) is 9.17. The number of hydrogen-bond donors (Lipinski definition) is 2. The van der Waals surface area contributed by atoms with Crippen LogP contribution in [0.3, 0.4) is 0 Å². The molecule has 0 bridgehead atoms. The zero-order valence-corrected chi connectivity index (χ0v) is 17.1. The molecule has 2 N–H and O–H groups in total. The number of H-pyrrole nitrogens is 1. The molecular formula is C18H22N4O6S. The van der Waals surface area contributed by atoms with Gasteiger partial charge in [-0.3, -0.25) is 14.7 Å². The number of aromatic amines is 1. The molecule has 2 aromatic rings. The van der Waals surface area contributed by atoms with Crippen molar-refractivity contribution < 1.29 is 24.1 Å². The van der Waals surface area contributed by atoms with Crippen molar-refractivity contribution in [2.75, 3.05) is 20.8 Å². The van der Waals surface area contributed by atoms with Gasteiger partial charge in [0, 0.05) is 12.0 Å². The van der Waals surface area contributed by atoms with Gasteiger partial charge < -0.3 is 19.3 Å². The summed E-state index contributed by atoms with van der Waals surface area (Å²) in [6, 6.07) is 3.36. The average Bonchev–Trinajstić information content (AvgIpc) is 2.71. The Labute approximate surface area is 171 Å². The zero-order valence-electron chi connectivity index (χ0n) is 16.3. The number of methoxy groups -OCH3 is 2. The Bertz CT molecular complexity index is 989. The fourth-order valence-electron chi connectivity index (χ4n) is 2.36. The molecule has 0 saturated carbocycles. The van der Waals surface area contributed by atoms with Gasteiger partial charge in [-0.2, -0.15) is 14.9 Å². The molecule has 1 heterocycles. The van der Waals surface area contributed by atoms with E-state index in [1.807, 2.05) is 6.92 Å². The van der Waals surface area contributed by atoms with E-state index in [0.29, 0.717) is 29.4 Å². The topological polar surface area (TPSA) is 128 Å². The van der Waals surface area contributed by atoms with Crippen molar-refractivity contribution in [1.29, 1.82) is 0 Å². The second kappa shape index (κ2) is 10.4. The zero-order chi connectivity index (χ0) is 21.4. The fraction of sp³-hybridized carbons (Fsp3) is 0.389. The molecule has 2 rings (SSSR count). The number of hydrogen-bond acceptors (Lipinski definition) is 8. The number of aryl methyl sites for hydroxylation is 1. The molecule has 1 aromatic carbocycles. The highest BCUT2D eigenvalue weighted by Crippen LogP contribution is 2.38. The molecule has 0 saturated heterocycles. The van der Waals surface area contributed by atoms with E-state index >= 15 is 0 Å². The lowest BCUT2D eigenvalue weighted by Gasteiger charge is -2.14. The lowest BCUT2D eigenvalue weighted by atomic mass is 10.2. The highest BCUT2D eigenvalue weighted by Gasteiger charge is 2.14. The summed E-state index contributed by atoms with van der Waals surface area (Å²) in [4.78, 5) is 23.2. The number of aliphatic carboxylic acids is 1. The molecular weight excluding hydrogens is 400 g/mol. The molecule has 0 aliphatic rings. The average molecular weight is 422 g/mol. The second-order valence-corrected chi connectivity index (χ2v) is 6.22. The summed E-state index contributed by atoms with van der Waals surface area (Å²) in [5.74, 6) is 0.346. The van der Waals surface area contributed by atoms with Crippen molar-refractivity contribution in [3.05, 3.63) is 38.5 Å². The summed E-state index contributed by atoms with van der Waals surface area (Å²) < 4.78 is 17.4. The van der Waals surface area contributed by atoms with E-state index in [0.717, 1.165) is 11.1 Å². The fourth-order valence-corrected chi connectivity index (χ4v) is 2.54. The first-order chi connectivity index (χ1) is 13.9. The lowest BCUT2D eigenvalue weighted by Crippen LogP contribution is -2.25. The van der Waals surface area contributed by atoms with Gasteiger partial charge in [-0.05, 0) is 30.8 Å². The van der Waals surface area contributed by atoms with Gasteiger partial charge in [0.2, 0.25) is 10.5 Å². The molecule has 0 aliphatic heterocycles. The van der Waals surface area contributed by atoms with Crippen LogP contribution in [0.5, 0.6) is 17.2 Å². The van der Waals surface area contributed by atoms with Crippen LogP contribution in [-0.4, -0.2) is 53.0 Å². The third-order valence-electron chi connectivity index (χ3n) is 3.75. The van der Waals surface area contributed by atoms with Gasteiger partial charge in [-0.25, -0.2) is 0 Å². The molecule has 1 aromatic heterocycles. The summed E-state index contributed by atoms with van der Waals surface area (Å²) in [5, 5.41) is 19.2. The first-order valence-electron chi connectivity index (χ1n) is 8.76. The number of benzene rings is 1. The Morgan fingerprint density at radius 2 is 2.00 bits per heavy atom. The number of carbonyl (C=O) groups is 1. The number of carboxylic acids is 1. The number of rotatable bonds is 10. The number of ether oxygens (including phenoxy) is 3. The van der Waals surface area contributed by atoms with Gasteiger partial charge in [-0.15, -0.1) is 0 Å². The summed E-state index contributed by atoms with van der Waals surface area (Å²) in [6.07, 6.45) is 1.95. The highest BCUT2D eigenvalue weighted by molar-refractivity contribution is 7.71. The van der Waals surface area contributed by atoms with E-state index in [4.69, 9.17) is 31.5 Å². The van der Waals surface area contributed by atoms with Crippen LogP contribution >= 0.6 is 12.2 Å². The molecule has 0 spiro atoms. The Morgan fingerprint density at radius 3 is 2.55 bits per heavy atom. The van der Waals surface area contributed by atoms with E-state index in [2.05, 4.69) is 15.3 Å². The molecule has 11 heteroatoms. The third kappa shape index (κ3) is 5.64. The highest BCUT2D eigenvalue weighted by atomic mass is 32.1. The van der Waals surface area contributed by atoms with E-state index in [9.17, 15) is 9.59 Å². The third-order valence-corrected chi connectivity index (χ3v) is 4.01.